The molecule has 5 N–H and O–H groups in total. The molecule has 1 unspecified atom stereocenters. The summed E-state index contributed by atoms with van der Waals surface area (Å²) < 4.78 is 0. The van der Waals surface area contributed by atoms with Crippen LogP contribution in [0.3, 0.4) is 0 Å². The van der Waals surface area contributed by atoms with Gasteiger partial charge in [-0.2, -0.15) is 0 Å². The molecule has 3 heteroatoms. The van der Waals surface area contributed by atoms with Gasteiger partial charge >= 0.3 is 0 Å². The Balaban J connectivity index is 3.34. The van der Waals surface area contributed by atoms with E-state index in [0.717, 1.165) is 0 Å². The average molecular weight is 100 g/mol. The van der Waals surface area contributed by atoms with Gasteiger partial charge in [0.1, 0.15) is 5.84 Å². The maximum absolute atomic E-state index is 6.71. The van der Waals surface area contributed by atoms with E-state index in [1.54, 1.807) is 0 Å². The van der Waals surface area contributed by atoms with Gasteiger partial charge in [-0.1, -0.05) is 6.92 Å². The third-order valence-electron chi connectivity index (χ3n) is 0.710. The quantitative estimate of drug-likeness (QED) is 0.322. The molecule has 0 fully saturated rings. The highest BCUT2D eigenvalue weighted by Gasteiger charge is 1.98. The van der Waals surface area contributed by atoms with Crippen molar-refractivity contribution < 1.29 is 0 Å². The molecule has 0 spiro atoms. The van der Waals surface area contributed by atoms with E-state index >= 15 is 0 Å². The van der Waals surface area contributed by atoms with E-state index in [4.69, 9.17) is 16.9 Å². The molecule has 0 aromatic rings. The van der Waals surface area contributed by atoms with E-state index in [9.17, 15) is 0 Å². The van der Waals surface area contributed by atoms with E-state index in [0.29, 0.717) is 6.42 Å². The van der Waals surface area contributed by atoms with Crippen LogP contribution in [0.5, 0.6) is 0 Å². The standard InChI is InChI=1S/C4H10N3/c1-2-3(5)4(6)7/h3H,1-2,5H2,(H3,6,7). The molecule has 0 amide bonds. The Hall–Kier alpha value is -0.570. The number of rotatable bonds is 2. The van der Waals surface area contributed by atoms with Gasteiger partial charge in [0.15, 0.2) is 0 Å². The second-order valence-corrected chi connectivity index (χ2v) is 1.35. The van der Waals surface area contributed by atoms with Crippen molar-refractivity contribution in [3.8, 4) is 0 Å². The van der Waals surface area contributed by atoms with E-state index in [-0.39, 0.29) is 11.9 Å². The Kier molecular flexibility index (Phi) is 2.37. The molecule has 7 heavy (non-hydrogen) atoms. The van der Waals surface area contributed by atoms with Crippen LogP contribution in [0.15, 0.2) is 0 Å². The van der Waals surface area contributed by atoms with Gasteiger partial charge in [-0.25, -0.2) is 0 Å². The molecular formula is C4H10N3. The molecule has 0 bridgehead atoms. The van der Waals surface area contributed by atoms with Gasteiger partial charge in [0.05, 0.1) is 6.04 Å². The highest BCUT2D eigenvalue weighted by Crippen LogP contribution is 1.80. The third kappa shape index (κ3) is 2.17. The zero-order valence-corrected chi connectivity index (χ0v) is 4.15. The number of nitrogens with one attached hydrogen (secondary N) is 1. The van der Waals surface area contributed by atoms with Crippen LogP contribution in [0.1, 0.15) is 6.42 Å². The van der Waals surface area contributed by atoms with Crippen molar-refractivity contribution in [3.05, 3.63) is 6.92 Å². The Labute approximate surface area is 43.2 Å². The summed E-state index contributed by atoms with van der Waals surface area (Å²) in [6.45, 7) is 3.46. The van der Waals surface area contributed by atoms with Gasteiger partial charge < -0.3 is 11.5 Å². The Morgan fingerprint density at radius 1 is 1.86 bits per heavy atom. The van der Waals surface area contributed by atoms with Crippen LogP contribution in [0, 0.1) is 12.3 Å². The summed E-state index contributed by atoms with van der Waals surface area (Å²) in [7, 11) is 0. The molecule has 0 aromatic carbocycles. The normalized spacial score (nSPS) is 13.4. The molecule has 0 aromatic heterocycles. The number of hydrogen-bond donors (Lipinski definition) is 3. The van der Waals surface area contributed by atoms with Crippen molar-refractivity contribution >= 4 is 5.84 Å². The van der Waals surface area contributed by atoms with Gasteiger partial charge in [0.2, 0.25) is 0 Å². The summed E-state index contributed by atoms with van der Waals surface area (Å²) in [5, 5.41) is 6.71. The highest BCUT2D eigenvalue weighted by atomic mass is 14.8. The van der Waals surface area contributed by atoms with Gasteiger partial charge in [-0.15, -0.1) is 0 Å². The molecule has 41 valence electrons. The van der Waals surface area contributed by atoms with E-state index in [2.05, 4.69) is 6.92 Å². The molecule has 3 nitrogen and oxygen atoms in total. The topological polar surface area (TPSA) is 75.9 Å². The highest BCUT2D eigenvalue weighted by molar-refractivity contribution is 5.82. The predicted octanol–water partition coefficient (Wildman–Crippen LogP) is -0.526. The van der Waals surface area contributed by atoms with Crippen molar-refractivity contribution in [2.45, 2.75) is 12.5 Å². The van der Waals surface area contributed by atoms with E-state index < -0.39 is 0 Å². The molecule has 0 aliphatic carbocycles. The monoisotopic (exact) mass is 100 g/mol. The fourth-order valence-electron chi connectivity index (χ4n) is 0.156. The van der Waals surface area contributed by atoms with Crippen LogP contribution in [-0.2, 0) is 0 Å². The smallest absolute Gasteiger partial charge is 0.108 e. The number of nitrogens with two attached hydrogens (primary N) is 2. The fourth-order valence-corrected chi connectivity index (χ4v) is 0.156. The van der Waals surface area contributed by atoms with Crippen LogP contribution in [-0.4, -0.2) is 11.9 Å². The van der Waals surface area contributed by atoms with Gasteiger partial charge in [-0.05, 0) is 6.42 Å². The van der Waals surface area contributed by atoms with Crippen LogP contribution < -0.4 is 11.5 Å². The Morgan fingerprint density at radius 3 is 2.29 bits per heavy atom. The minimum Gasteiger partial charge on any atom is -0.386 e. The van der Waals surface area contributed by atoms with Crippen molar-refractivity contribution in [1.29, 1.82) is 5.41 Å². The summed E-state index contributed by atoms with van der Waals surface area (Å²) in [5.74, 6) is 0.00926. The van der Waals surface area contributed by atoms with Crippen molar-refractivity contribution in [2.24, 2.45) is 11.5 Å². The molecule has 1 atom stereocenters. The minimum absolute atomic E-state index is 0.00926. The molecular weight excluding hydrogens is 90.1 g/mol. The second kappa shape index (κ2) is 2.58. The first kappa shape index (κ1) is 6.43. The summed E-state index contributed by atoms with van der Waals surface area (Å²) in [4.78, 5) is 0. The molecule has 0 rings (SSSR count). The Bertz CT molecular complexity index is 69.3. The lowest BCUT2D eigenvalue weighted by atomic mass is 10.2. The Morgan fingerprint density at radius 2 is 2.29 bits per heavy atom. The first-order chi connectivity index (χ1) is 3.18. The van der Waals surface area contributed by atoms with Gasteiger partial charge in [0.25, 0.3) is 0 Å². The lowest BCUT2D eigenvalue weighted by Gasteiger charge is -2.02. The van der Waals surface area contributed by atoms with E-state index in [1.807, 2.05) is 0 Å². The SMILES string of the molecule is [CH2]CC(N)C(=N)N. The predicted molar refractivity (Wildman–Crippen MR) is 29.9 cm³/mol. The zero-order chi connectivity index (χ0) is 5.86. The number of amidine groups is 1. The maximum atomic E-state index is 6.71. The summed E-state index contributed by atoms with van der Waals surface area (Å²) >= 11 is 0. The van der Waals surface area contributed by atoms with Crippen LogP contribution >= 0.6 is 0 Å². The minimum atomic E-state index is -0.347. The summed E-state index contributed by atoms with van der Waals surface area (Å²) in [5.41, 5.74) is 10.2. The summed E-state index contributed by atoms with van der Waals surface area (Å²) in [6, 6.07) is -0.347. The largest absolute Gasteiger partial charge is 0.386 e. The fraction of sp³-hybridized carbons (Fsp3) is 0.500. The first-order valence-electron chi connectivity index (χ1n) is 2.07. The zero-order valence-electron chi connectivity index (χ0n) is 4.15. The first-order valence-corrected chi connectivity index (χ1v) is 2.07. The lowest BCUT2D eigenvalue weighted by molar-refractivity contribution is 0.858. The third-order valence-corrected chi connectivity index (χ3v) is 0.710. The lowest BCUT2D eigenvalue weighted by Crippen LogP contribution is -2.34. The van der Waals surface area contributed by atoms with Crippen molar-refractivity contribution in [1.82, 2.24) is 0 Å². The van der Waals surface area contributed by atoms with E-state index in [1.165, 1.54) is 0 Å². The molecule has 0 saturated carbocycles. The maximum Gasteiger partial charge on any atom is 0.108 e. The molecule has 0 saturated heterocycles. The second-order valence-electron chi connectivity index (χ2n) is 1.35. The summed E-state index contributed by atoms with van der Waals surface area (Å²) in [6.07, 6.45) is 0.495. The average Bonchev–Trinajstić information content (AvgIpc) is 1.65. The molecule has 0 aliphatic heterocycles. The molecule has 0 aliphatic rings. The number of hydrogen-bond acceptors (Lipinski definition) is 2. The molecule has 1 radical (unpaired) electrons. The molecule has 0 heterocycles. The van der Waals surface area contributed by atoms with Gasteiger partial charge in [-0.3, -0.25) is 5.41 Å². The van der Waals surface area contributed by atoms with Crippen LogP contribution in [0.25, 0.3) is 0 Å². The van der Waals surface area contributed by atoms with Crippen molar-refractivity contribution in [2.75, 3.05) is 0 Å². The van der Waals surface area contributed by atoms with Crippen LogP contribution in [0.4, 0.5) is 0 Å². The van der Waals surface area contributed by atoms with Crippen LogP contribution in [0.2, 0.25) is 0 Å². The van der Waals surface area contributed by atoms with Crippen molar-refractivity contribution in [3.63, 3.8) is 0 Å². The van der Waals surface area contributed by atoms with Gasteiger partial charge in [0, 0.05) is 0 Å².